The van der Waals surface area contributed by atoms with Gasteiger partial charge in [-0.2, -0.15) is 0 Å². The van der Waals surface area contributed by atoms with Crippen molar-refractivity contribution in [1.29, 1.82) is 0 Å². The van der Waals surface area contributed by atoms with Crippen LogP contribution >= 0.6 is 0 Å². The van der Waals surface area contributed by atoms with Gasteiger partial charge in [0.25, 0.3) is 0 Å². The molecule has 1 aliphatic heterocycles. The molecule has 108 valence electrons. The van der Waals surface area contributed by atoms with Gasteiger partial charge in [0.1, 0.15) is 0 Å². The van der Waals surface area contributed by atoms with Crippen LogP contribution in [0.3, 0.4) is 0 Å². The second-order valence-corrected chi connectivity index (χ2v) is 5.09. The summed E-state index contributed by atoms with van der Waals surface area (Å²) in [5.74, 6) is -1.32. The Hall–Kier alpha value is -1.88. The molecular weight excluding hydrogens is 258 g/mol. The third kappa shape index (κ3) is 3.17. The Morgan fingerprint density at radius 2 is 2.15 bits per heavy atom. The summed E-state index contributed by atoms with van der Waals surface area (Å²) in [7, 11) is 0. The molecule has 1 unspecified atom stereocenters. The molecule has 1 atom stereocenters. The van der Waals surface area contributed by atoms with E-state index < -0.39 is 11.5 Å². The predicted molar refractivity (Wildman–Crippen MR) is 73.5 cm³/mol. The first kappa shape index (κ1) is 14.5. The quantitative estimate of drug-likeness (QED) is 0.846. The SMILES string of the molecule is CCc1cccc(CC(=O)NC2(C(=O)O)CCOC2)c1. The predicted octanol–water partition coefficient (Wildman–Crippen LogP) is 1.15. The van der Waals surface area contributed by atoms with E-state index in [1.165, 1.54) is 0 Å². The van der Waals surface area contributed by atoms with Crippen LogP contribution in [0.25, 0.3) is 0 Å². The van der Waals surface area contributed by atoms with E-state index in [9.17, 15) is 14.7 Å². The van der Waals surface area contributed by atoms with Gasteiger partial charge in [-0.3, -0.25) is 4.79 Å². The zero-order chi connectivity index (χ0) is 14.6. The Morgan fingerprint density at radius 3 is 2.75 bits per heavy atom. The number of ether oxygens (including phenoxy) is 1. The normalized spacial score (nSPS) is 21.6. The summed E-state index contributed by atoms with van der Waals surface area (Å²) in [5, 5.41) is 11.9. The van der Waals surface area contributed by atoms with Gasteiger partial charge in [-0.15, -0.1) is 0 Å². The fourth-order valence-electron chi connectivity index (χ4n) is 2.34. The maximum atomic E-state index is 12.0. The lowest BCUT2D eigenvalue weighted by molar-refractivity contribution is -0.147. The molecule has 1 fully saturated rings. The van der Waals surface area contributed by atoms with Crippen molar-refractivity contribution in [2.24, 2.45) is 0 Å². The highest BCUT2D eigenvalue weighted by Gasteiger charge is 2.43. The van der Waals surface area contributed by atoms with Crippen LogP contribution in [0.5, 0.6) is 0 Å². The molecule has 2 N–H and O–H groups in total. The molecule has 0 aromatic heterocycles. The topological polar surface area (TPSA) is 75.6 Å². The van der Waals surface area contributed by atoms with Crippen LogP contribution in [0.2, 0.25) is 0 Å². The summed E-state index contributed by atoms with van der Waals surface area (Å²) in [6.45, 7) is 2.44. The van der Waals surface area contributed by atoms with Crippen molar-refractivity contribution in [3.05, 3.63) is 35.4 Å². The molecule has 1 aliphatic rings. The molecule has 1 saturated heterocycles. The molecular formula is C15H19NO4. The number of aryl methyl sites for hydroxylation is 1. The average molecular weight is 277 g/mol. The molecule has 5 heteroatoms. The van der Waals surface area contributed by atoms with Gasteiger partial charge in [0.05, 0.1) is 13.0 Å². The molecule has 1 heterocycles. The zero-order valence-electron chi connectivity index (χ0n) is 11.5. The van der Waals surface area contributed by atoms with Gasteiger partial charge in [-0.1, -0.05) is 31.2 Å². The van der Waals surface area contributed by atoms with Crippen molar-refractivity contribution in [3.63, 3.8) is 0 Å². The Morgan fingerprint density at radius 1 is 1.40 bits per heavy atom. The first-order chi connectivity index (χ1) is 9.55. The van der Waals surface area contributed by atoms with Crippen LogP contribution in [0, 0.1) is 0 Å². The number of aliphatic carboxylic acids is 1. The average Bonchev–Trinajstić information content (AvgIpc) is 2.88. The van der Waals surface area contributed by atoms with Crippen molar-refractivity contribution < 1.29 is 19.4 Å². The fraction of sp³-hybridized carbons (Fsp3) is 0.467. The lowest BCUT2D eigenvalue weighted by atomic mass is 9.98. The van der Waals surface area contributed by atoms with E-state index >= 15 is 0 Å². The minimum absolute atomic E-state index is 0.0308. The molecule has 0 spiro atoms. The van der Waals surface area contributed by atoms with Crippen molar-refractivity contribution in [2.45, 2.75) is 31.7 Å². The summed E-state index contributed by atoms with van der Waals surface area (Å²) in [6, 6.07) is 7.76. The number of hydrogen-bond acceptors (Lipinski definition) is 3. The number of nitrogens with one attached hydrogen (secondary N) is 1. The molecule has 0 aliphatic carbocycles. The van der Waals surface area contributed by atoms with Crippen LogP contribution in [0.15, 0.2) is 24.3 Å². The van der Waals surface area contributed by atoms with Crippen LogP contribution in [-0.2, 0) is 27.2 Å². The highest BCUT2D eigenvalue weighted by atomic mass is 16.5. The van der Waals surface area contributed by atoms with Crippen molar-refractivity contribution in [2.75, 3.05) is 13.2 Å². The Kier molecular flexibility index (Phi) is 4.39. The van der Waals surface area contributed by atoms with E-state index in [0.717, 1.165) is 17.5 Å². The molecule has 1 amide bonds. The van der Waals surface area contributed by atoms with Gasteiger partial charge in [0.15, 0.2) is 5.54 Å². The number of carbonyl (C=O) groups excluding carboxylic acids is 1. The second-order valence-electron chi connectivity index (χ2n) is 5.09. The van der Waals surface area contributed by atoms with Crippen LogP contribution in [0.4, 0.5) is 0 Å². The number of carboxylic acids is 1. The van der Waals surface area contributed by atoms with Gasteiger partial charge < -0.3 is 15.2 Å². The van der Waals surface area contributed by atoms with Crippen molar-refractivity contribution in [1.82, 2.24) is 5.32 Å². The third-order valence-electron chi connectivity index (χ3n) is 3.57. The van der Waals surface area contributed by atoms with E-state index in [1.807, 2.05) is 24.3 Å². The van der Waals surface area contributed by atoms with Crippen LogP contribution < -0.4 is 5.32 Å². The van der Waals surface area contributed by atoms with E-state index in [2.05, 4.69) is 12.2 Å². The van der Waals surface area contributed by atoms with Gasteiger partial charge in [0, 0.05) is 13.0 Å². The first-order valence-corrected chi connectivity index (χ1v) is 6.76. The van der Waals surface area contributed by atoms with E-state index in [4.69, 9.17) is 4.74 Å². The maximum Gasteiger partial charge on any atom is 0.331 e. The lowest BCUT2D eigenvalue weighted by Gasteiger charge is -2.23. The number of amides is 1. The summed E-state index contributed by atoms with van der Waals surface area (Å²) in [6.07, 6.45) is 1.40. The van der Waals surface area contributed by atoms with Gasteiger partial charge in [-0.05, 0) is 17.5 Å². The molecule has 20 heavy (non-hydrogen) atoms. The third-order valence-corrected chi connectivity index (χ3v) is 3.57. The summed E-state index contributed by atoms with van der Waals surface area (Å²) in [4.78, 5) is 23.4. The number of hydrogen-bond donors (Lipinski definition) is 2. The van der Waals surface area contributed by atoms with Crippen molar-refractivity contribution in [3.8, 4) is 0 Å². The van der Waals surface area contributed by atoms with Crippen LogP contribution in [-0.4, -0.2) is 35.7 Å². The fourth-order valence-corrected chi connectivity index (χ4v) is 2.34. The Bertz CT molecular complexity index is 506. The summed E-state index contributed by atoms with van der Waals surface area (Å²) in [5.41, 5.74) is 0.785. The molecule has 0 bridgehead atoms. The molecule has 1 aromatic carbocycles. The molecule has 2 rings (SSSR count). The molecule has 1 aromatic rings. The van der Waals surface area contributed by atoms with E-state index in [0.29, 0.717) is 13.0 Å². The Balaban J connectivity index is 2.02. The van der Waals surface area contributed by atoms with Crippen molar-refractivity contribution >= 4 is 11.9 Å². The summed E-state index contributed by atoms with van der Waals surface area (Å²) >= 11 is 0. The molecule has 5 nitrogen and oxygen atoms in total. The van der Waals surface area contributed by atoms with Gasteiger partial charge in [-0.25, -0.2) is 4.79 Å². The molecule has 0 radical (unpaired) electrons. The lowest BCUT2D eigenvalue weighted by Crippen LogP contribution is -2.55. The van der Waals surface area contributed by atoms with Gasteiger partial charge in [0.2, 0.25) is 5.91 Å². The van der Waals surface area contributed by atoms with E-state index in [1.54, 1.807) is 0 Å². The zero-order valence-corrected chi connectivity index (χ0v) is 11.5. The second kappa shape index (κ2) is 6.05. The number of benzene rings is 1. The maximum absolute atomic E-state index is 12.0. The number of carbonyl (C=O) groups is 2. The minimum Gasteiger partial charge on any atom is -0.479 e. The highest BCUT2D eigenvalue weighted by Crippen LogP contribution is 2.19. The first-order valence-electron chi connectivity index (χ1n) is 6.76. The minimum atomic E-state index is -1.26. The summed E-state index contributed by atoms with van der Waals surface area (Å²) < 4.78 is 5.11. The standard InChI is InChI=1S/C15H19NO4/c1-2-11-4-3-5-12(8-11)9-13(17)16-15(14(18)19)6-7-20-10-15/h3-5,8H,2,6-7,9-10H2,1H3,(H,16,17)(H,18,19). The largest absolute Gasteiger partial charge is 0.479 e. The Labute approximate surface area is 117 Å². The van der Waals surface area contributed by atoms with Crippen LogP contribution in [0.1, 0.15) is 24.5 Å². The molecule has 0 saturated carbocycles. The highest BCUT2D eigenvalue weighted by molar-refractivity contribution is 5.88. The van der Waals surface area contributed by atoms with E-state index in [-0.39, 0.29) is 18.9 Å². The smallest absolute Gasteiger partial charge is 0.331 e. The number of carboxylic acid groups (broad SMARTS) is 1. The number of rotatable bonds is 5. The van der Waals surface area contributed by atoms with Gasteiger partial charge >= 0.3 is 5.97 Å². The monoisotopic (exact) mass is 277 g/mol.